The first-order chi connectivity index (χ1) is 26.2. The van der Waals surface area contributed by atoms with E-state index in [1.165, 1.54) is 0 Å². The summed E-state index contributed by atoms with van der Waals surface area (Å²) in [6.07, 6.45) is 10.5. The third-order valence-electron chi connectivity index (χ3n) is 8.79. The SMILES string of the molecule is [Pt+2].[Pt+2].[c-]1c(Oc2[c-]c3c(cc2)c2ccc(Oc4[c-]c(-c5cc6cccnc6cn5)ccc4)[c-]c2n3-c2ncccn2)cccc1-c1cc2cccnc2cn1. The van der Waals surface area contributed by atoms with Crippen LogP contribution in [0.25, 0.3) is 72.1 Å². The Morgan fingerprint density at radius 3 is 1.42 bits per heavy atom. The summed E-state index contributed by atoms with van der Waals surface area (Å²) in [6.45, 7) is 0. The Bertz CT molecular complexity index is 2810. The van der Waals surface area contributed by atoms with Crippen LogP contribution in [0, 0.1) is 24.3 Å². The minimum Gasteiger partial charge on any atom is -0.503 e. The smallest absolute Gasteiger partial charge is 0.503 e. The van der Waals surface area contributed by atoms with Crippen LogP contribution in [0.3, 0.4) is 0 Å². The third kappa shape index (κ3) is 7.01. The van der Waals surface area contributed by atoms with Gasteiger partial charge in [-0.2, -0.15) is 22.9 Å². The zero-order valence-corrected chi connectivity index (χ0v) is 32.9. The van der Waals surface area contributed by atoms with Gasteiger partial charge in [-0.15, -0.1) is 71.8 Å². The maximum absolute atomic E-state index is 6.34. The van der Waals surface area contributed by atoms with Gasteiger partial charge < -0.3 is 24.0 Å². The second-order valence-corrected chi connectivity index (χ2v) is 12.1. The van der Waals surface area contributed by atoms with Crippen molar-refractivity contribution >= 4 is 43.6 Å². The minimum absolute atomic E-state index is 0. The van der Waals surface area contributed by atoms with Crippen molar-refractivity contribution in [3.63, 3.8) is 0 Å². The van der Waals surface area contributed by atoms with Crippen LogP contribution in [-0.2, 0) is 42.1 Å². The fourth-order valence-corrected chi connectivity index (χ4v) is 6.35. The van der Waals surface area contributed by atoms with Gasteiger partial charge in [-0.3, -0.25) is 9.97 Å². The Hall–Kier alpha value is -6.14. The van der Waals surface area contributed by atoms with Crippen molar-refractivity contribution in [2.75, 3.05) is 0 Å². The van der Waals surface area contributed by atoms with Gasteiger partial charge in [0.15, 0.2) is 0 Å². The van der Waals surface area contributed by atoms with E-state index >= 15 is 0 Å². The molecule has 0 spiro atoms. The number of ether oxygens (including phenoxy) is 2. The van der Waals surface area contributed by atoms with E-state index in [9.17, 15) is 0 Å². The van der Waals surface area contributed by atoms with Crippen molar-refractivity contribution in [2.24, 2.45) is 0 Å². The maximum atomic E-state index is 6.34. The van der Waals surface area contributed by atoms with E-state index in [2.05, 4.69) is 54.2 Å². The summed E-state index contributed by atoms with van der Waals surface area (Å²) < 4.78 is 14.6. The third-order valence-corrected chi connectivity index (χ3v) is 8.79. The molecule has 266 valence electrons. The molecule has 0 amide bonds. The van der Waals surface area contributed by atoms with Gasteiger partial charge in [0.25, 0.3) is 0 Å². The van der Waals surface area contributed by atoms with E-state index in [0.29, 0.717) is 28.9 Å². The standard InChI is InChI=1S/C44H23N7O2.2Pt/c1-6-28(38-22-30-8-3-16-45-40(30)26-49-38)20-32(10-1)52-34-12-14-36-37-15-13-35(25-43(37)51(42(36)24-34)44-47-18-5-19-48-44)53-33-11-2-7-29(21-33)39-23-31-9-4-17-46-41(31)27-50-39;;/h1-19,22-23,26-27H;;/q-4;2*+2. The summed E-state index contributed by atoms with van der Waals surface area (Å²) in [7, 11) is 0. The van der Waals surface area contributed by atoms with E-state index in [4.69, 9.17) is 9.47 Å². The Kier molecular flexibility index (Phi) is 9.98. The average Bonchev–Trinajstić information content (AvgIpc) is 3.53. The molecule has 0 aliphatic rings. The van der Waals surface area contributed by atoms with E-state index in [1.807, 2.05) is 102 Å². The fourth-order valence-electron chi connectivity index (χ4n) is 6.35. The van der Waals surface area contributed by atoms with Crippen LogP contribution in [0.4, 0.5) is 0 Å². The molecule has 0 unspecified atom stereocenters. The number of aromatic nitrogens is 7. The monoisotopic (exact) mass is 1070 g/mol. The maximum Gasteiger partial charge on any atom is 2.00 e. The Morgan fingerprint density at radius 2 is 0.909 bits per heavy atom. The summed E-state index contributed by atoms with van der Waals surface area (Å²) >= 11 is 0. The first kappa shape index (κ1) is 35.9. The van der Waals surface area contributed by atoms with Gasteiger partial charge in [-0.25, -0.2) is 9.97 Å². The zero-order chi connectivity index (χ0) is 35.1. The molecule has 4 aromatic carbocycles. The number of benzene rings is 4. The molecule has 0 atom stereocenters. The second kappa shape index (κ2) is 15.3. The summed E-state index contributed by atoms with van der Waals surface area (Å²) in [4.78, 5) is 27.1. The minimum atomic E-state index is 0. The number of pyridine rings is 4. The molecule has 0 aliphatic heterocycles. The van der Waals surface area contributed by atoms with Crippen LogP contribution in [0.15, 0.2) is 140 Å². The first-order valence-corrected chi connectivity index (χ1v) is 16.7. The molecular formula is C44H23N7O2Pt2. The van der Waals surface area contributed by atoms with Crippen molar-refractivity contribution in [3.8, 4) is 51.5 Å². The molecule has 6 aromatic heterocycles. The molecule has 6 heterocycles. The quantitative estimate of drug-likeness (QED) is 0.146. The molecule has 0 radical (unpaired) electrons. The van der Waals surface area contributed by atoms with Crippen molar-refractivity contribution in [1.29, 1.82) is 0 Å². The van der Waals surface area contributed by atoms with E-state index in [-0.39, 0.29) is 42.1 Å². The fraction of sp³-hybridized carbons (Fsp3) is 0. The predicted molar refractivity (Wildman–Crippen MR) is 202 cm³/mol. The normalized spacial score (nSPS) is 11.0. The molecule has 55 heavy (non-hydrogen) atoms. The van der Waals surface area contributed by atoms with Gasteiger partial charge in [0, 0.05) is 60.2 Å². The number of fused-ring (bicyclic) bond motifs is 5. The summed E-state index contributed by atoms with van der Waals surface area (Å²) in [6, 6.07) is 46.5. The Morgan fingerprint density at radius 1 is 0.436 bits per heavy atom. The molecule has 9 nitrogen and oxygen atoms in total. The van der Waals surface area contributed by atoms with Crippen LogP contribution in [0.1, 0.15) is 0 Å². The number of hydrogen-bond donors (Lipinski definition) is 0. The summed E-state index contributed by atoms with van der Waals surface area (Å²) in [5.74, 6) is 2.53. The van der Waals surface area contributed by atoms with Crippen molar-refractivity contribution < 1.29 is 51.6 Å². The second-order valence-electron chi connectivity index (χ2n) is 12.1. The van der Waals surface area contributed by atoms with Crippen molar-refractivity contribution in [2.45, 2.75) is 0 Å². The number of hydrogen-bond acceptors (Lipinski definition) is 8. The number of nitrogens with zero attached hydrogens (tertiary/aromatic N) is 7. The van der Waals surface area contributed by atoms with Crippen LogP contribution in [0.2, 0.25) is 0 Å². The molecule has 10 rings (SSSR count). The van der Waals surface area contributed by atoms with Gasteiger partial charge in [0.2, 0.25) is 5.95 Å². The van der Waals surface area contributed by atoms with Crippen LogP contribution < -0.4 is 9.47 Å². The molecular weight excluding hydrogens is 1050 g/mol. The molecule has 0 aliphatic carbocycles. The van der Waals surface area contributed by atoms with Crippen LogP contribution >= 0.6 is 0 Å². The summed E-state index contributed by atoms with van der Waals surface area (Å²) in [5.41, 5.74) is 6.27. The van der Waals surface area contributed by atoms with Crippen LogP contribution in [0.5, 0.6) is 23.0 Å². The first-order valence-electron chi connectivity index (χ1n) is 16.7. The largest absolute Gasteiger partial charge is 2.00 e. The molecule has 11 heteroatoms. The molecule has 0 bridgehead atoms. The van der Waals surface area contributed by atoms with Crippen molar-refractivity contribution in [1.82, 2.24) is 34.5 Å². The predicted octanol–water partition coefficient (Wildman–Crippen LogP) is 9.57. The van der Waals surface area contributed by atoms with E-state index in [0.717, 1.165) is 66.1 Å². The van der Waals surface area contributed by atoms with Gasteiger partial charge in [0.1, 0.15) is 0 Å². The molecule has 0 fully saturated rings. The van der Waals surface area contributed by atoms with E-state index in [1.54, 1.807) is 43.2 Å². The summed E-state index contributed by atoms with van der Waals surface area (Å²) in [5, 5.41) is 3.86. The van der Waals surface area contributed by atoms with E-state index < -0.39 is 0 Å². The Labute approximate surface area is 343 Å². The van der Waals surface area contributed by atoms with Gasteiger partial charge in [0.05, 0.1) is 11.0 Å². The van der Waals surface area contributed by atoms with Crippen LogP contribution in [-0.4, -0.2) is 34.5 Å². The van der Waals surface area contributed by atoms with Crippen molar-refractivity contribution in [3.05, 3.63) is 165 Å². The molecule has 10 aromatic rings. The molecule has 0 N–H and O–H groups in total. The Balaban J connectivity index is 0.00000214. The van der Waals surface area contributed by atoms with Gasteiger partial charge >= 0.3 is 42.1 Å². The number of rotatable bonds is 7. The molecule has 0 saturated heterocycles. The van der Waals surface area contributed by atoms with Gasteiger partial charge in [-0.1, -0.05) is 47.4 Å². The van der Waals surface area contributed by atoms with Gasteiger partial charge in [-0.05, 0) is 40.4 Å². The topological polar surface area (TPSA) is 101 Å². The zero-order valence-electron chi connectivity index (χ0n) is 28.4. The average molecular weight is 1070 g/mol. The molecule has 0 saturated carbocycles.